The summed E-state index contributed by atoms with van der Waals surface area (Å²) in [4.78, 5) is 25.5. The van der Waals surface area contributed by atoms with Gasteiger partial charge in [-0.3, -0.25) is 4.79 Å². The zero-order chi connectivity index (χ0) is 19.7. The molecule has 4 nitrogen and oxygen atoms in total. The highest BCUT2D eigenvalue weighted by atomic mass is 32.2. The average molecular weight is 378 g/mol. The second kappa shape index (κ2) is 10.5. The molecule has 0 aromatic carbocycles. The maximum Gasteiger partial charge on any atom is 0.346 e. The van der Waals surface area contributed by atoms with Crippen LogP contribution in [0.1, 0.15) is 60.3 Å². The Morgan fingerprint density at radius 2 is 1.81 bits per heavy atom. The molecule has 0 aliphatic heterocycles. The van der Waals surface area contributed by atoms with E-state index >= 15 is 0 Å². The van der Waals surface area contributed by atoms with Crippen molar-refractivity contribution in [3.8, 4) is 11.8 Å². The maximum absolute atomic E-state index is 12.4. The van der Waals surface area contributed by atoms with Gasteiger partial charge in [0.1, 0.15) is 4.91 Å². The van der Waals surface area contributed by atoms with E-state index in [4.69, 9.17) is 4.74 Å². The van der Waals surface area contributed by atoms with Crippen molar-refractivity contribution < 1.29 is 14.3 Å². The van der Waals surface area contributed by atoms with E-state index < -0.39 is 5.97 Å². The predicted molar refractivity (Wildman–Crippen MR) is 108 cm³/mol. The lowest BCUT2D eigenvalue weighted by atomic mass is 9.82. The summed E-state index contributed by atoms with van der Waals surface area (Å²) >= 11 is 1.21. The highest BCUT2D eigenvalue weighted by Crippen LogP contribution is 2.29. The van der Waals surface area contributed by atoms with Crippen molar-refractivity contribution in [1.29, 1.82) is 0 Å². The number of nitrogens with one attached hydrogen (secondary N) is 1. The molecule has 26 heavy (non-hydrogen) atoms. The van der Waals surface area contributed by atoms with Crippen LogP contribution < -0.4 is 5.32 Å². The molecule has 0 atom stereocenters. The number of allylic oxidation sites excluding steroid dienone is 2. The van der Waals surface area contributed by atoms with E-state index in [-0.39, 0.29) is 17.2 Å². The fourth-order valence-electron chi connectivity index (χ4n) is 2.53. The first-order valence-electron chi connectivity index (χ1n) is 9.12. The van der Waals surface area contributed by atoms with Gasteiger partial charge in [-0.05, 0) is 59.3 Å². The van der Waals surface area contributed by atoms with E-state index in [1.165, 1.54) is 25.1 Å². The molecular formula is C21H31NO3S. The third kappa shape index (κ3) is 8.14. The van der Waals surface area contributed by atoms with Crippen LogP contribution in [-0.4, -0.2) is 19.0 Å². The summed E-state index contributed by atoms with van der Waals surface area (Å²) in [5, 5.41) is 2.79. The molecule has 0 aromatic heterocycles. The summed E-state index contributed by atoms with van der Waals surface area (Å²) in [5.74, 6) is 6.44. The fraction of sp³-hybridized carbons (Fsp3) is 0.619. The van der Waals surface area contributed by atoms with Crippen LogP contribution in [0.15, 0.2) is 22.1 Å². The van der Waals surface area contributed by atoms with E-state index in [1.807, 2.05) is 33.8 Å². The third-order valence-electron chi connectivity index (χ3n) is 4.16. The van der Waals surface area contributed by atoms with E-state index in [9.17, 15) is 9.59 Å². The molecule has 1 aliphatic carbocycles. The number of carbonyl (C=O) groups is 2. The number of esters is 1. The van der Waals surface area contributed by atoms with Gasteiger partial charge >= 0.3 is 5.97 Å². The summed E-state index contributed by atoms with van der Waals surface area (Å²) in [7, 11) is 1.33. The molecule has 1 amide bonds. The van der Waals surface area contributed by atoms with Crippen LogP contribution in [0.3, 0.4) is 0 Å². The minimum Gasteiger partial charge on any atom is -0.465 e. The molecule has 0 heterocycles. The quantitative estimate of drug-likeness (QED) is 0.431. The van der Waals surface area contributed by atoms with Crippen molar-refractivity contribution in [2.24, 2.45) is 17.3 Å². The Kier molecular flexibility index (Phi) is 9.01. The number of methoxy groups -OCH3 is 1. The standard InChI is InChI=1S/C21H31NO3S/c1-7-17(12-13-21(3,4)5)26-18(20(24)25-6)14-22-19(23)16-10-8-15(2)9-11-16/h7,14-16H,8-11H2,1-6H3,(H,22,23)/b17-7-,18-14+. The van der Waals surface area contributed by atoms with Crippen molar-refractivity contribution in [1.82, 2.24) is 5.32 Å². The molecule has 1 saturated carbocycles. The van der Waals surface area contributed by atoms with Gasteiger partial charge in [0.05, 0.1) is 12.0 Å². The Labute approximate surface area is 162 Å². The summed E-state index contributed by atoms with van der Waals surface area (Å²) < 4.78 is 4.84. The van der Waals surface area contributed by atoms with Crippen molar-refractivity contribution >= 4 is 23.6 Å². The molecule has 0 radical (unpaired) electrons. The summed E-state index contributed by atoms with van der Waals surface area (Å²) in [6.07, 6.45) is 7.26. The van der Waals surface area contributed by atoms with Gasteiger partial charge in [0.2, 0.25) is 5.91 Å². The molecule has 5 heteroatoms. The van der Waals surface area contributed by atoms with Crippen molar-refractivity contribution in [3.63, 3.8) is 0 Å². The first kappa shape index (κ1) is 22.4. The number of ether oxygens (including phenoxy) is 1. The Hall–Kier alpha value is -1.67. The van der Waals surface area contributed by atoms with Crippen LogP contribution in [0.4, 0.5) is 0 Å². The molecular weight excluding hydrogens is 346 g/mol. The summed E-state index contributed by atoms with van der Waals surface area (Å²) in [5.41, 5.74) is -0.129. The average Bonchev–Trinajstić information content (AvgIpc) is 2.60. The monoisotopic (exact) mass is 377 g/mol. The van der Waals surface area contributed by atoms with Gasteiger partial charge in [-0.15, -0.1) is 0 Å². The Morgan fingerprint density at radius 1 is 1.19 bits per heavy atom. The maximum atomic E-state index is 12.4. The van der Waals surface area contributed by atoms with E-state index in [0.717, 1.165) is 30.6 Å². The molecule has 0 saturated heterocycles. The molecule has 1 N–H and O–H groups in total. The highest BCUT2D eigenvalue weighted by Gasteiger charge is 2.24. The molecule has 0 bridgehead atoms. The summed E-state index contributed by atoms with van der Waals surface area (Å²) in [6, 6.07) is 0. The minimum absolute atomic E-state index is 0.0215. The lowest BCUT2D eigenvalue weighted by Crippen LogP contribution is -2.30. The number of hydrogen-bond acceptors (Lipinski definition) is 4. The van der Waals surface area contributed by atoms with Gasteiger partial charge in [-0.25, -0.2) is 4.79 Å². The van der Waals surface area contributed by atoms with Gasteiger partial charge in [-0.2, -0.15) is 0 Å². The van der Waals surface area contributed by atoms with Gasteiger partial charge in [0.25, 0.3) is 0 Å². The lowest BCUT2D eigenvalue weighted by molar-refractivity contribution is -0.135. The van der Waals surface area contributed by atoms with Crippen LogP contribution >= 0.6 is 11.8 Å². The van der Waals surface area contributed by atoms with Crippen LogP contribution in [0.2, 0.25) is 0 Å². The summed E-state index contributed by atoms with van der Waals surface area (Å²) in [6.45, 7) is 10.2. The van der Waals surface area contributed by atoms with Gasteiger partial charge in [-0.1, -0.05) is 36.6 Å². The van der Waals surface area contributed by atoms with Gasteiger partial charge in [0, 0.05) is 17.5 Å². The first-order valence-corrected chi connectivity index (χ1v) is 9.94. The Balaban J connectivity index is 2.82. The molecule has 0 aromatic rings. The van der Waals surface area contributed by atoms with E-state index in [1.54, 1.807) is 0 Å². The van der Waals surface area contributed by atoms with Crippen LogP contribution in [0.5, 0.6) is 0 Å². The normalized spacial score (nSPS) is 21.5. The molecule has 0 spiro atoms. The number of amides is 1. The molecule has 1 rings (SSSR count). The lowest BCUT2D eigenvalue weighted by Gasteiger charge is -2.24. The van der Waals surface area contributed by atoms with Crippen LogP contribution in [0, 0.1) is 29.1 Å². The second-order valence-electron chi connectivity index (χ2n) is 7.72. The number of thioether (sulfide) groups is 1. The van der Waals surface area contributed by atoms with Crippen LogP contribution in [0.25, 0.3) is 0 Å². The second-order valence-corrected chi connectivity index (χ2v) is 8.80. The Morgan fingerprint density at radius 3 is 2.31 bits per heavy atom. The zero-order valence-corrected chi connectivity index (χ0v) is 17.6. The van der Waals surface area contributed by atoms with Crippen molar-refractivity contribution in [2.75, 3.05) is 7.11 Å². The first-order chi connectivity index (χ1) is 12.2. The third-order valence-corrected chi connectivity index (χ3v) is 5.22. The SMILES string of the molecule is C/C=C(/C#CC(C)(C)C)S/C(=C/NC(=O)C1CCC(C)CC1)C(=O)OC. The van der Waals surface area contributed by atoms with Gasteiger partial charge in [0.15, 0.2) is 0 Å². The topological polar surface area (TPSA) is 55.4 Å². The number of carbonyl (C=O) groups excluding carboxylic acids is 2. The highest BCUT2D eigenvalue weighted by molar-refractivity contribution is 8.07. The Bertz CT molecular complexity index is 624. The van der Waals surface area contributed by atoms with Gasteiger partial charge < -0.3 is 10.1 Å². The fourth-order valence-corrected chi connectivity index (χ4v) is 3.27. The number of rotatable bonds is 5. The van der Waals surface area contributed by atoms with E-state index in [2.05, 4.69) is 24.1 Å². The molecule has 1 aliphatic rings. The largest absolute Gasteiger partial charge is 0.465 e. The van der Waals surface area contributed by atoms with E-state index in [0.29, 0.717) is 10.8 Å². The zero-order valence-electron chi connectivity index (χ0n) is 16.8. The number of hydrogen-bond donors (Lipinski definition) is 1. The van der Waals surface area contributed by atoms with Crippen molar-refractivity contribution in [2.45, 2.75) is 60.3 Å². The van der Waals surface area contributed by atoms with Crippen LogP contribution in [-0.2, 0) is 14.3 Å². The smallest absolute Gasteiger partial charge is 0.346 e. The minimum atomic E-state index is -0.482. The molecule has 144 valence electrons. The molecule has 1 fully saturated rings. The van der Waals surface area contributed by atoms with Crippen molar-refractivity contribution in [3.05, 3.63) is 22.1 Å². The predicted octanol–water partition coefficient (Wildman–Crippen LogP) is 4.63. The molecule has 0 unspecified atom stereocenters.